The lowest BCUT2D eigenvalue weighted by Crippen LogP contribution is -2.03. The Morgan fingerprint density at radius 1 is 1.06 bits per heavy atom. The van der Waals surface area contributed by atoms with Crippen molar-refractivity contribution >= 4 is 47.8 Å². The zero-order valence-corrected chi connectivity index (χ0v) is 13.3. The Labute approximate surface area is 122 Å². The topological polar surface area (TPSA) is 0 Å². The normalized spacial score (nSPS) is 10.8. The highest BCUT2D eigenvalue weighted by Crippen LogP contribution is 2.25. The Hall–Kier alpha value is 0.380. The summed E-state index contributed by atoms with van der Waals surface area (Å²) in [7, 11) is 0. The van der Waals surface area contributed by atoms with Crippen LogP contribution in [0.25, 0.3) is 0 Å². The molecule has 98 valence electrons. The molecule has 1 rings (SSSR count). The highest BCUT2D eigenvalue weighted by Gasteiger charge is 2.21. The van der Waals surface area contributed by atoms with E-state index in [9.17, 15) is 17.6 Å². The van der Waals surface area contributed by atoms with Gasteiger partial charge in [-0.2, -0.15) is 8.78 Å². The van der Waals surface area contributed by atoms with Crippen LogP contribution in [0.2, 0.25) is 0 Å². The van der Waals surface area contributed by atoms with Crippen LogP contribution in [0.15, 0.2) is 18.2 Å². The molecule has 0 aliphatic rings. The first-order valence-corrected chi connectivity index (χ1v) is 7.46. The molecule has 7 heteroatoms. The van der Waals surface area contributed by atoms with Crippen molar-refractivity contribution in [1.82, 2.24) is 0 Å². The number of hydrogen-bond acceptors (Lipinski definition) is 0. The molecule has 0 bridgehead atoms. The Bertz CT molecular complexity index is 339. The molecule has 0 unspecified atom stereocenters. The van der Waals surface area contributed by atoms with Crippen LogP contribution in [0.1, 0.15) is 12.0 Å². The molecular formula is C10H9Br3F4. The quantitative estimate of drug-likeness (QED) is 0.419. The molecule has 0 spiro atoms. The van der Waals surface area contributed by atoms with Crippen LogP contribution < -0.4 is 0 Å². The number of alkyl halides is 5. The van der Waals surface area contributed by atoms with Crippen molar-refractivity contribution in [2.75, 3.05) is 5.33 Å². The summed E-state index contributed by atoms with van der Waals surface area (Å²) in [6.45, 7) is 0. The van der Waals surface area contributed by atoms with Crippen molar-refractivity contribution in [2.24, 2.45) is 0 Å². The minimum Gasteiger partial charge on any atom is -0.204 e. The number of benzene rings is 1. The van der Waals surface area contributed by atoms with Crippen LogP contribution in [-0.4, -0.2) is 10.2 Å². The SMILES string of the molecule is FC(F)(Br)CCBr.Fc1ccc(CBr)cc1F. The molecule has 0 fully saturated rings. The zero-order valence-electron chi connectivity index (χ0n) is 8.50. The predicted octanol–water partition coefficient (Wildman–Crippen LogP) is 5.62. The second-order valence-corrected chi connectivity index (χ2v) is 5.45. The monoisotopic (exact) mass is 442 g/mol. The van der Waals surface area contributed by atoms with Gasteiger partial charge in [0.15, 0.2) is 11.6 Å². The summed E-state index contributed by atoms with van der Waals surface area (Å²) in [5.74, 6) is -1.60. The molecule has 1 aromatic rings. The predicted molar refractivity (Wildman–Crippen MR) is 71.3 cm³/mol. The summed E-state index contributed by atoms with van der Waals surface area (Å²) in [5.41, 5.74) is 0.735. The Morgan fingerprint density at radius 2 is 1.65 bits per heavy atom. The molecule has 0 amide bonds. The van der Waals surface area contributed by atoms with Crippen LogP contribution in [0.4, 0.5) is 17.6 Å². The lowest BCUT2D eigenvalue weighted by Gasteiger charge is -2.01. The van der Waals surface area contributed by atoms with Gasteiger partial charge in [-0.1, -0.05) is 37.9 Å². The smallest absolute Gasteiger partial charge is 0.204 e. The Morgan fingerprint density at radius 3 is 1.94 bits per heavy atom. The fourth-order valence-electron chi connectivity index (χ4n) is 0.730. The number of rotatable bonds is 3. The van der Waals surface area contributed by atoms with E-state index in [1.54, 1.807) is 0 Å². The van der Waals surface area contributed by atoms with Crippen molar-refractivity contribution in [3.8, 4) is 0 Å². The number of halogens is 7. The maximum absolute atomic E-state index is 12.4. The molecule has 0 N–H and O–H groups in total. The van der Waals surface area contributed by atoms with E-state index >= 15 is 0 Å². The highest BCUT2D eigenvalue weighted by atomic mass is 79.9. The minimum atomic E-state index is -2.68. The van der Waals surface area contributed by atoms with Crippen LogP contribution in [-0.2, 0) is 5.33 Å². The van der Waals surface area contributed by atoms with Gasteiger partial charge in [-0.05, 0) is 33.6 Å². The Balaban J connectivity index is 0.000000325. The molecule has 0 aliphatic carbocycles. The average molecular weight is 445 g/mol. The number of hydrogen-bond donors (Lipinski definition) is 0. The fraction of sp³-hybridized carbons (Fsp3) is 0.400. The Kier molecular flexibility index (Phi) is 8.67. The van der Waals surface area contributed by atoms with Crippen molar-refractivity contribution < 1.29 is 17.6 Å². The van der Waals surface area contributed by atoms with Crippen molar-refractivity contribution in [3.63, 3.8) is 0 Å². The standard InChI is InChI=1S/C7H5BrF2.C3H4Br2F2/c8-4-5-1-2-6(9)7(10)3-5;4-2-1-3(5,6)7/h1-3H,4H2;1-2H2. The van der Waals surface area contributed by atoms with Gasteiger partial charge in [-0.25, -0.2) is 8.78 Å². The lowest BCUT2D eigenvalue weighted by molar-refractivity contribution is 0.112. The van der Waals surface area contributed by atoms with E-state index in [1.165, 1.54) is 12.1 Å². The maximum Gasteiger partial charge on any atom is 0.302 e. The molecule has 0 aromatic heterocycles. The molecule has 1 aromatic carbocycles. The molecule has 0 nitrogen and oxygen atoms in total. The molecule has 0 saturated heterocycles. The first-order chi connectivity index (χ1) is 7.80. The summed E-state index contributed by atoms with van der Waals surface area (Å²) in [4.78, 5) is -2.68. The molecule has 17 heavy (non-hydrogen) atoms. The van der Waals surface area contributed by atoms with Gasteiger partial charge >= 0.3 is 4.83 Å². The van der Waals surface area contributed by atoms with Gasteiger partial charge in [-0.3, -0.25) is 0 Å². The summed E-state index contributed by atoms with van der Waals surface area (Å²) >= 11 is 8.18. The van der Waals surface area contributed by atoms with Crippen LogP contribution in [0, 0.1) is 11.6 Å². The van der Waals surface area contributed by atoms with E-state index < -0.39 is 16.5 Å². The van der Waals surface area contributed by atoms with Crippen LogP contribution in [0.5, 0.6) is 0 Å². The summed E-state index contributed by atoms with van der Waals surface area (Å²) in [6.07, 6.45) is -0.160. The highest BCUT2D eigenvalue weighted by molar-refractivity contribution is 9.10. The van der Waals surface area contributed by atoms with Crippen molar-refractivity contribution in [1.29, 1.82) is 0 Å². The third-order valence-corrected chi connectivity index (χ3v) is 2.96. The molecule has 0 atom stereocenters. The van der Waals surface area contributed by atoms with E-state index in [-0.39, 0.29) is 6.42 Å². The zero-order chi connectivity index (χ0) is 13.5. The molecule has 0 heterocycles. The van der Waals surface area contributed by atoms with Crippen LogP contribution >= 0.6 is 47.8 Å². The van der Waals surface area contributed by atoms with Crippen molar-refractivity contribution in [2.45, 2.75) is 16.6 Å². The summed E-state index contributed by atoms with van der Waals surface area (Å²) in [6, 6.07) is 3.82. The van der Waals surface area contributed by atoms with Gasteiger partial charge in [0.1, 0.15) is 0 Å². The van der Waals surface area contributed by atoms with E-state index in [4.69, 9.17) is 0 Å². The van der Waals surface area contributed by atoms with Crippen LogP contribution in [0.3, 0.4) is 0 Å². The van der Waals surface area contributed by atoms with E-state index in [2.05, 4.69) is 47.8 Å². The first kappa shape index (κ1) is 17.4. The van der Waals surface area contributed by atoms with Crippen molar-refractivity contribution in [3.05, 3.63) is 35.4 Å². The van der Waals surface area contributed by atoms with E-state index in [1.807, 2.05) is 0 Å². The molecule has 0 saturated carbocycles. The third-order valence-electron chi connectivity index (χ3n) is 1.52. The second-order valence-electron chi connectivity index (χ2n) is 2.94. The van der Waals surface area contributed by atoms with Gasteiger partial charge in [0.2, 0.25) is 0 Å². The van der Waals surface area contributed by atoms with Gasteiger partial charge in [0, 0.05) is 17.1 Å². The first-order valence-electron chi connectivity index (χ1n) is 4.42. The fourth-order valence-corrected chi connectivity index (χ4v) is 2.31. The average Bonchev–Trinajstić information content (AvgIpc) is 2.21. The van der Waals surface area contributed by atoms with E-state index in [0.29, 0.717) is 10.7 Å². The van der Waals surface area contributed by atoms with Gasteiger partial charge < -0.3 is 0 Å². The second kappa shape index (κ2) is 8.48. The minimum absolute atomic E-state index is 0.160. The van der Waals surface area contributed by atoms with Gasteiger partial charge in [0.05, 0.1) is 0 Å². The largest absolute Gasteiger partial charge is 0.302 e. The molecule has 0 aliphatic heterocycles. The lowest BCUT2D eigenvalue weighted by atomic mass is 10.2. The maximum atomic E-state index is 12.4. The van der Waals surface area contributed by atoms with E-state index in [0.717, 1.165) is 11.6 Å². The molecule has 0 radical (unpaired) electrons. The van der Waals surface area contributed by atoms with Gasteiger partial charge in [-0.15, -0.1) is 0 Å². The molecular weight excluding hydrogens is 436 g/mol. The third kappa shape index (κ3) is 9.02. The van der Waals surface area contributed by atoms with Gasteiger partial charge in [0.25, 0.3) is 0 Å². The summed E-state index contributed by atoms with van der Waals surface area (Å²) in [5, 5.41) is 0.870. The summed E-state index contributed by atoms with van der Waals surface area (Å²) < 4.78 is 47.8.